The number of aliphatic carboxylic acids is 1. The lowest BCUT2D eigenvalue weighted by atomic mass is 10.1. The van der Waals surface area contributed by atoms with E-state index in [1.807, 2.05) is 6.92 Å². The van der Waals surface area contributed by atoms with E-state index < -0.39 is 22.0 Å². The van der Waals surface area contributed by atoms with Gasteiger partial charge in [0.15, 0.2) is 5.96 Å². The summed E-state index contributed by atoms with van der Waals surface area (Å²) in [5.41, 5.74) is 11.2. The van der Waals surface area contributed by atoms with Gasteiger partial charge in [-0.05, 0) is 43.4 Å². The number of aliphatic imine (C=N–C) groups is 1. The molecule has 1 unspecified atom stereocenters. The molecule has 0 aromatic heterocycles. The number of nitrogens with two attached hydrogens (primary N) is 2. The third-order valence-electron chi connectivity index (χ3n) is 4.39. The van der Waals surface area contributed by atoms with E-state index in [0.717, 1.165) is 29.1 Å². The van der Waals surface area contributed by atoms with Crippen molar-refractivity contribution in [2.45, 2.75) is 45.1 Å². The predicted molar refractivity (Wildman–Crippen MR) is 113 cm³/mol. The van der Waals surface area contributed by atoms with Crippen molar-refractivity contribution in [2.24, 2.45) is 16.5 Å². The average Bonchev–Trinajstić information content (AvgIpc) is 2.67. The molecule has 0 spiro atoms. The zero-order valence-corrected chi connectivity index (χ0v) is 17.9. The minimum atomic E-state index is -3.62. The number of carboxylic acid groups (broad SMARTS) is 1. The summed E-state index contributed by atoms with van der Waals surface area (Å²) in [7, 11) is -2.29. The van der Waals surface area contributed by atoms with Crippen LogP contribution in [-0.2, 0) is 21.2 Å². The number of hydrogen-bond acceptors (Lipinski definition) is 5. The lowest BCUT2D eigenvalue weighted by Crippen LogP contribution is -2.44. The molecular formula is C19H32N4O5S. The summed E-state index contributed by atoms with van der Waals surface area (Å²) in [6.07, 6.45) is 2.89. The minimum Gasteiger partial charge on any atom is -0.494 e. The van der Waals surface area contributed by atoms with E-state index in [-0.39, 0.29) is 18.1 Å². The zero-order valence-electron chi connectivity index (χ0n) is 17.1. The Balaban J connectivity index is 2.62. The van der Waals surface area contributed by atoms with E-state index in [4.69, 9.17) is 16.2 Å². The molecule has 1 aromatic rings. The summed E-state index contributed by atoms with van der Waals surface area (Å²) in [5.74, 6) is -0.496. The number of carboxylic acids is 1. The van der Waals surface area contributed by atoms with Crippen LogP contribution in [-0.4, -0.2) is 61.8 Å². The molecule has 0 aliphatic heterocycles. The van der Waals surface area contributed by atoms with Gasteiger partial charge >= 0.3 is 5.97 Å². The molecule has 5 N–H and O–H groups in total. The fourth-order valence-electron chi connectivity index (χ4n) is 2.59. The van der Waals surface area contributed by atoms with Gasteiger partial charge in [-0.15, -0.1) is 0 Å². The molecule has 0 aliphatic rings. The van der Waals surface area contributed by atoms with Crippen LogP contribution in [0.1, 0.15) is 38.2 Å². The molecule has 164 valence electrons. The third-order valence-corrected chi connectivity index (χ3v) is 6.32. The molecule has 0 bridgehead atoms. The van der Waals surface area contributed by atoms with Gasteiger partial charge in [0.2, 0.25) is 10.0 Å². The van der Waals surface area contributed by atoms with Gasteiger partial charge in [-0.1, -0.05) is 25.5 Å². The lowest BCUT2D eigenvalue weighted by molar-refractivity contribution is -0.141. The van der Waals surface area contributed by atoms with Gasteiger partial charge in [-0.3, -0.25) is 9.79 Å². The number of guanidine groups is 1. The average molecular weight is 429 g/mol. The summed E-state index contributed by atoms with van der Waals surface area (Å²) >= 11 is 0. The standard InChI is InChI=1S/C19H32N4O5S/c1-3-4-13-29(26,27)23(2)17(18(24)25)14-15-7-9-16(10-8-15)28-12-6-5-11-22-19(20)21/h7-10,17H,3-6,11-14H2,1-2H3,(H,24,25)(H4,20,21,22). The second kappa shape index (κ2) is 12.3. The van der Waals surface area contributed by atoms with Crippen LogP contribution in [0, 0.1) is 0 Å². The molecule has 0 saturated carbocycles. The highest BCUT2D eigenvalue weighted by atomic mass is 32.2. The molecule has 29 heavy (non-hydrogen) atoms. The smallest absolute Gasteiger partial charge is 0.322 e. The van der Waals surface area contributed by atoms with Crippen molar-refractivity contribution >= 4 is 22.0 Å². The first-order chi connectivity index (χ1) is 13.7. The first kappa shape index (κ1) is 24.7. The summed E-state index contributed by atoms with van der Waals surface area (Å²) in [6, 6.07) is 5.83. The normalized spacial score (nSPS) is 12.5. The van der Waals surface area contributed by atoms with Gasteiger partial charge in [0.1, 0.15) is 11.8 Å². The van der Waals surface area contributed by atoms with Gasteiger partial charge in [-0.25, -0.2) is 8.42 Å². The highest BCUT2D eigenvalue weighted by Gasteiger charge is 2.31. The van der Waals surface area contributed by atoms with E-state index in [2.05, 4.69) is 4.99 Å². The maximum atomic E-state index is 12.3. The number of unbranched alkanes of at least 4 members (excludes halogenated alkanes) is 2. The van der Waals surface area contributed by atoms with E-state index >= 15 is 0 Å². The third kappa shape index (κ3) is 9.14. The maximum Gasteiger partial charge on any atom is 0.322 e. The molecule has 0 fully saturated rings. The van der Waals surface area contributed by atoms with Crippen molar-refractivity contribution in [3.05, 3.63) is 29.8 Å². The van der Waals surface area contributed by atoms with Crippen LogP contribution in [0.15, 0.2) is 29.3 Å². The fourth-order valence-corrected chi connectivity index (χ4v) is 4.09. The van der Waals surface area contributed by atoms with E-state index in [9.17, 15) is 18.3 Å². The van der Waals surface area contributed by atoms with Crippen LogP contribution in [0.5, 0.6) is 5.75 Å². The van der Waals surface area contributed by atoms with Crippen molar-refractivity contribution in [3.63, 3.8) is 0 Å². The summed E-state index contributed by atoms with van der Waals surface area (Å²) < 4.78 is 31.3. The second-order valence-electron chi connectivity index (χ2n) is 6.75. The monoisotopic (exact) mass is 428 g/mol. The Hall–Kier alpha value is -2.33. The number of ether oxygens (including phenoxy) is 1. The van der Waals surface area contributed by atoms with Gasteiger partial charge in [0, 0.05) is 13.6 Å². The molecule has 0 amide bonds. The Labute approximate surface area is 172 Å². The SMILES string of the molecule is CCCCS(=O)(=O)N(C)C(Cc1ccc(OCCCCN=C(N)N)cc1)C(=O)O. The van der Waals surface area contributed by atoms with Crippen LogP contribution in [0.25, 0.3) is 0 Å². The first-order valence-electron chi connectivity index (χ1n) is 9.63. The van der Waals surface area contributed by atoms with Crippen molar-refractivity contribution in [1.82, 2.24) is 4.31 Å². The van der Waals surface area contributed by atoms with E-state index in [1.54, 1.807) is 24.3 Å². The number of rotatable bonds is 14. The van der Waals surface area contributed by atoms with Crippen molar-refractivity contribution in [2.75, 3.05) is 26.0 Å². The second-order valence-corrected chi connectivity index (χ2v) is 8.90. The van der Waals surface area contributed by atoms with Gasteiger partial charge in [0.05, 0.1) is 12.4 Å². The molecule has 10 heteroatoms. The number of nitrogens with zero attached hydrogens (tertiary/aromatic N) is 2. The number of carbonyl (C=O) groups is 1. The molecular weight excluding hydrogens is 396 g/mol. The molecule has 9 nitrogen and oxygen atoms in total. The number of benzene rings is 1. The summed E-state index contributed by atoms with van der Waals surface area (Å²) in [4.78, 5) is 15.5. The molecule has 1 atom stereocenters. The highest BCUT2D eigenvalue weighted by Crippen LogP contribution is 2.17. The molecule has 1 aromatic carbocycles. The highest BCUT2D eigenvalue weighted by molar-refractivity contribution is 7.89. The number of hydrogen-bond donors (Lipinski definition) is 3. The molecule has 0 aliphatic carbocycles. The zero-order chi connectivity index (χ0) is 21.9. The van der Waals surface area contributed by atoms with E-state index in [0.29, 0.717) is 25.3 Å². The number of sulfonamides is 1. The van der Waals surface area contributed by atoms with E-state index in [1.165, 1.54) is 7.05 Å². The Morgan fingerprint density at radius 1 is 1.21 bits per heavy atom. The van der Waals surface area contributed by atoms with Gasteiger partial charge in [0.25, 0.3) is 0 Å². The van der Waals surface area contributed by atoms with Crippen molar-refractivity contribution < 1.29 is 23.1 Å². The number of likely N-dealkylation sites (N-methyl/N-ethyl adjacent to an activating group) is 1. The van der Waals surface area contributed by atoms with Gasteiger partial charge < -0.3 is 21.3 Å². The fraction of sp³-hybridized carbons (Fsp3) is 0.579. The first-order valence-corrected chi connectivity index (χ1v) is 11.2. The van der Waals surface area contributed by atoms with Crippen LogP contribution < -0.4 is 16.2 Å². The Bertz CT molecular complexity index is 761. The van der Waals surface area contributed by atoms with Crippen molar-refractivity contribution in [1.29, 1.82) is 0 Å². The largest absolute Gasteiger partial charge is 0.494 e. The Morgan fingerprint density at radius 3 is 2.41 bits per heavy atom. The topological polar surface area (TPSA) is 148 Å². The molecule has 0 heterocycles. The summed E-state index contributed by atoms with van der Waals surface area (Å²) in [5, 5.41) is 9.51. The van der Waals surface area contributed by atoms with Crippen molar-refractivity contribution in [3.8, 4) is 5.75 Å². The van der Waals surface area contributed by atoms with Crippen LogP contribution in [0.3, 0.4) is 0 Å². The maximum absolute atomic E-state index is 12.3. The minimum absolute atomic E-state index is 0.0558. The summed E-state index contributed by atoms with van der Waals surface area (Å²) in [6.45, 7) is 2.95. The van der Waals surface area contributed by atoms with Crippen LogP contribution in [0.4, 0.5) is 0 Å². The van der Waals surface area contributed by atoms with Crippen LogP contribution >= 0.6 is 0 Å². The molecule has 1 rings (SSSR count). The molecule has 0 saturated heterocycles. The predicted octanol–water partition coefficient (Wildman–Crippen LogP) is 1.18. The quantitative estimate of drug-likeness (QED) is 0.229. The van der Waals surface area contributed by atoms with Crippen LogP contribution in [0.2, 0.25) is 0 Å². The Morgan fingerprint density at radius 2 is 1.86 bits per heavy atom. The molecule has 0 radical (unpaired) electrons. The Kier molecular flexibility index (Phi) is 10.5. The van der Waals surface area contributed by atoms with Gasteiger partial charge in [-0.2, -0.15) is 4.31 Å². The lowest BCUT2D eigenvalue weighted by Gasteiger charge is -2.24.